The van der Waals surface area contributed by atoms with E-state index in [0.717, 1.165) is 11.3 Å². The molecule has 1 unspecified atom stereocenters. The highest BCUT2D eigenvalue weighted by molar-refractivity contribution is 6.03. The van der Waals surface area contributed by atoms with Crippen LogP contribution in [-0.4, -0.2) is 63.7 Å². The van der Waals surface area contributed by atoms with Crippen molar-refractivity contribution in [2.75, 3.05) is 17.2 Å². The molecule has 6 heterocycles. The number of ether oxygens (including phenoxy) is 2. The molecule has 2 amide bonds. The van der Waals surface area contributed by atoms with Gasteiger partial charge in [-0.25, -0.2) is 4.98 Å². The fraction of sp³-hybridized carbons (Fsp3) is 0.0833. The SMILES string of the molecule is O=C(Nc1n[nH]c(-c2ccccn2)n1)C1COc2ccccc2C1.O=C(Nc1n[nH]c(-c2ccccn2)n1)c1ccc(Oc2ccccc2)nc1. The molecule has 1 aliphatic rings. The number of pyridine rings is 3. The number of fused-ring (bicyclic) bond motifs is 1. The highest BCUT2D eigenvalue weighted by Crippen LogP contribution is 2.27. The Balaban J connectivity index is 0.000000160. The van der Waals surface area contributed by atoms with E-state index in [4.69, 9.17) is 9.47 Å². The minimum atomic E-state index is -0.375. The second-order valence-corrected chi connectivity index (χ2v) is 11.0. The van der Waals surface area contributed by atoms with Crippen LogP contribution in [0, 0.1) is 5.92 Å². The number of H-pyrrole nitrogens is 2. The number of nitrogens with zero attached hydrogens (tertiary/aromatic N) is 7. The molecule has 5 aromatic heterocycles. The van der Waals surface area contributed by atoms with Crippen LogP contribution >= 0.6 is 0 Å². The fourth-order valence-corrected chi connectivity index (χ4v) is 4.94. The monoisotopic (exact) mass is 679 g/mol. The summed E-state index contributed by atoms with van der Waals surface area (Å²) in [6.07, 6.45) is 5.40. The highest BCUT2D eigenvalue weighted by Gasteiger charge is 2.26. The van der Waals surface area contributed by atoms with E-state index in [9.17, 15) is 9.59 Å². The molecule has 0 fully saturated rings. The van der Waals surface area contributed by atoms with Gasteiger partial charge in [0.1, 0.15) is 29.5 Å². The van der Waals surface area contributed by atoms with E-state index >= 15 is 0 Å². The molecule has 1 atom stereocenters. The number of hydrogen-bond donors (Lipinski definition) is 4. The normalized spacial score (nSPS) is 13.1. The Bertz CT molecular complexity index is 2210. The number of amides is 2. The zero-order valence-electron chi connectivity index (χ0n) is 26.8. The number of anilines is 2. The number of para-hydroxylation sites is 2. The molecule has 2 aromatic carbocycles. The quantitative estimate of drug-likeness (QED) is 0.161. The third-order valence-electron chi connectivity index (χ3n) is 7.46. The van der Waals surface area contributed by atoms with Crippen LogP contribution in [0.2, 0.25) is 0 Å². The van der Waals surface area contributed by atoms with Crippen molar-refractivity contribution < 1.29 is 19.1 Å². The van der Waals surface area contributed by atoms with Gasteiger partial charge in [-0.2, -0.15) is 9.97 Å². The van der Waals surface area contributed by atoms with E-state index in [1.165, 1.54) is 6.20 Å². The lowest BCUT2D eigenvalue weighted by atomic mass is 9.96. The zero-order valence-corrected chi connectivity index (χ0v) is 26.8. The lowest BCUT2D eigenvalue weighted by Crippen LogP contribution is -2.32. The number of carbonyl (C=O) groups excluding carboxylic acids is 2. The van der Waals surface area contributed by atoms with Gasteiger partial charge in [0.05, 0.1) is 11.5 Å². The van der Waals surface area contributed by atoms with Gasteiger partial charge in [-0.05, 0) is 60.5 Å². The number of carbonyl (C=O) groups is 2. The zero-order chi connectivity index (χ0) is 34.8. The van der Waals surface area contributed by atoms with E-state index < -0.39 is 0 Å². The Morgan fingerprint density at radius 2 is 1.35 bits per heavy atom. The minimum absolute atomic E-state index is 0.156. The van der Waals surface area contributed by atoms with Crippen molar-refractivity contribution in [2.24, 2.45) is 5.92 Å². The standard InChI is InChI=1S/C19H14N6O2.C17H15N5O2/c26-18(23-19-22-17(24-25-19)15-8-4-5-11-20-15)13-9-10-16(21-12-13)27-14-6-2-1-3-7-14;23-16(12-9-11-5-1-2-7-14(11)24-10-12)20-17-19-15(21-22-17)13-6-3-4-8-18-13/h1-12H,(H2,22,23,24,25,26);1-8,12H,9-10H2,(H2,19,20,21,22,23). The number of benzene rings is 2. The summed E-state index contributed by atoms with van der Waals surface area (Å²) in [5, 5.41) is 18.9. The molecule has 0 saturated heterocycles. The third kappa shape index (κ3) is 8.24. The first-order chi connectivity index (χ1) is 25.1. The number of nitrogens with one attached hydrogen (secondary N) is 4. The van der Waals surface area contributed by atoms with Crippen LogP contribution in [0.5, 0.6) is 17.4 Å². The summed E-state index contributed by atoms with van der Waals surface area (Å²) in [5.74, 6) is 2.49. The molecule has 1 aliphatic heterocycles. The van der Waals surface area contributed by atoms with E-state index in [0.29, 0.717) is 53.3 Å². The average molecular weight is 680 g/mol. The van der Waals surface area contributed by atoms with Gasteiger partial charge >= 0.3 is 0 Å². The second-order valence-electron chi connectivity index (χ2n) is 11.0. The van der Waals surface area contributed by atoms with E-state index in [2.05, 4.69) is 55.9 Å². The first kappa shape index (κ1) is 32.3. The molecule has 7 aromatic rings. The third-order valence-corrected chi connectivity index (χ3v) is 7.46. The average Bonchev–Trinajstić information content (AvgIpc) is 3.86. The number of rotatable bonds is 8. The van der Waals surface area contributed by atoms with Crippen molar-refractivity contribution in [3.63, 3.8) is 0 Å². The Labute approximate surface area is 290 Å². The van der Waals surface area contributed by atoms with Crippen molar-refractivity contribution in [1.82, 2.24) is 45.3 Å². The molecule has 51 heavy (non-hydrogen) atoms. The Morgan fingerprint density at radius 3 is 2.00 bits per heavy atom. The second kappa shape index (κ2) is 15.3. The van der Waals surface area contributed by atoms with Gasteiger partial charge in [0, 0.05) is 24.7 Å². The van der Waals surface area contributed by atoms with Crippen LogP contribution < -0.4 is 20.1 Å². The van der Waals surface area contributed by atoms with Crippen LogP contribution in [0.3, 0.4) is 0 Å². The smallest absolute Gasteiger partial charge is 0.259 e. The van der Waals surface area contributed by atoms with Gasteiger partial charge < -0.3 is 9.47 Å². The summed E-state index contributed by atoms with van der Waals surface area (Å²) in [4.78, 5) is 45.7. The van der Waals surface area contributed by atoms with E-state index in [1.54, 1.807) is 36.7 Å². The fourth-order valence-electron chi connectivity index (χ4n) is 4.94. The maximum Gasteiger partial charge on any atom is 0.259 e. The number of aromatic amines is 2. The molecule has 0 spiro atoms. The van der Waals surface area contributed by atoms with Crippen LogP contribution in [0.25, 0.3) is 23.0 Å². The van der Waals surface area contributed by atoms with Crippen LogP contribution in [-0.2, 0) is 11.2 Å². The Hall–Kier alpha value is -7.29. The molecule has 0 bridgehead atoms. The first-order valence-corrected chi connectivity index (χ1v) is 15.8. The van der Waals surface area contributed by atoms with Gasteiger partial charge in [-0.1, -0.05) is 48.5 Å². The van der Waals surface area contributed by atoms with Gasteiger partial charge in [0.25, 0.3) is 5.91 Å². The van der Waals surface area contributed by atoms with Crippen molar-refractivity contribution in [1.29, 1.82) is 0 Å². The minimum Gasteiger partial charge on any atom is -0.492 e. The summed E-state index contributed by atoms with van der Waals surface area (Å²) in [6.45, 7) is 0.348. The highest BCUT2D eigenvalue weighted by atomic mass is 16.5. The Morgan fingerprint density at radius 1 is 0.706 bits per heavy atom. The van der Waals surface area contributed by atoms with Crippen molar-refractivity contribution in [2.45, 2.75) is 6.42 Å². The topological polar surface area (TPSA) is 198 Å². The molecule has 15 heteroatoms. The molecule has 8 rings (SSSR count). The summed E-state index contributed by atoms with van der Waals surface area (Å²) in [6, 6.07) is 31.2. The lowest BCUT2D eigenvalue weighted by molar-refractivity contribution is -0.121. The maximum absolute atomic E-state index is 12.4. The Kier molecular flexibility index (Phi) is 9.67. The van der Waals surface area contributed by atoms with Gasteiger partial charge in [0.2, 0.25) is 23.7 Å². The van der Waals surface area contributed by atoms with Gasteiger partial charge in [-0.15, -0.1) is 10.2 Å². The van der Waals surface area contributed by atoms with Crippen molar-refractivity contribution >= 4 is 23.7 Å². The number of aromatic nitrogens is 9. The molecule has 0 saturated carbocycles. The van der Waals surface area contributed by atoms with Gasteiger partial charge in [-0.3, -0.25) is 40.4 Å². The summed E-state index contributed by atoms with van der Waals surface area (Å²) in [7, 11) is 0. The lowest BCUT2D eigenvalue weighted by Gasteiger charge is -2.23. The summed E-state index contributed by atoms with van der Waals surface area (Å²) in [5.41, 5.74) is 2.70. The molecule has 4 N–H and O–H groups in total. The largest absolute Gasteiger partial charge is 0.492 e. The molecular formula is C36H29N11O4. The predicted octanol–water partition coefficient (Wildman–Crippen LogP) is 5.36. The van der Waals surface area contributed by atoms with Crippen molar-refractivity contribution in [3.8, 4) is 40.4 Å². The molecular weight excluding hydrogens is 650 g/mol. The van der Waals surface area contributed by atoms with Crippen LogP contribution in [0.1, 0.15) is 15.9 Å². The summed E-state index contributed by atoms with van der Waals surface area (Å²) < 4.78 is 11.3. The molecule has 0 aliphatic carbocycles. The molecule has 15 nitrogen and oxygen atoms in total. The predicted molar refractivity (Wildman–Crippen MR) is 186 cm³/mol. The van der Waals surface area contributed by atoms with Crippen molar-refractivity contribution in [3.05, 3.63) is 133 Å². The van der Waals surface area contributed by atoms with Crippen LogP contribution in [0.4, 0.5) is 11.9 Å². The molecule has 252 valence electrons. The number of hydrogen-bond acceptors (Lipinski definition) is 11. The first-order valence-electron chi connectivity index (χ1n) is 15.8. The molecule has 0 radical (unpaired) electrons. The van der Waals surface area contributed by atoms with E-state index in [1.807, 2.05) is 78.9 Å². The van der Waals surface area contributed by atoms with E-state index in [-0.39, 0.29) is 29.6 Å². The van der Waals surface area contributed by atoms with Crippen LogP contribution in [0.15, 0.2) is 122 Å². The summed E-state index contributed by atoms with van der Waals surface area (Å²) >= 11 is 0. The van der Waals surface area contributed by atoms with Gasteiger partial charge in [0.15, 0.2) is 11.6 Å². The maximum atomic E-state index is 12.4.